The van der Waals surface area contributed by atoms with Crippen LogP contribution < -0.4 is 36.7 Å². The Balaban J connectivity index is 2.26. The summed E-state index contributed by atoms with van der Waals surface area (Å²) < 4.78 is 11.3. The highest BCUT2D eigenvalue weighted by Crippen LogP contribution is 2.22. The normalized spacial score (nSPS) is 26.4. The number of esters is 1. The molecule has 3 rings (SSSR count). The second-order valence-corrected chi connectivity index (χ2v) is 17.4. The first-order valence-electron chi connectivity index (χ1n) is 21.9. The van der Waals surface area contributed by atoms with Gasteiger partial charge in [-0.15, -0.1) is 0 Å². The van der Waals surface area contributed by atoms with Crippen molar-refractivity contribution in [2.75, 3.05) is 20.7 Å². The van der Waals surface area contributed by atoms with Gasteiger partial charge in [-0.3, -0.25) is 38.6 Å². The number of methoxy groups -OCH3 is 1. The fourth-order valence-electron chi connectivity index (χ4n) is 7.76. The molecule has 346 valence electrons. The highest BCUT2D eigenvalue weighted by Gasteiger charge is 2.43. The van der Waals surface area contributed by atoms with E-state index in [4.69, 9.17) is 9.47 Å². The number of cyclic esters (lactones) is 1. The van der Waals surface area contributed by atoms with Crippen molar-refractivity contribution in [3.63, 3.8) is 0 Å². The summed E-state index contributed by atoms with van der Waals surface area (Å²) in [4.78, 5) is 113. The topological polar surface area (TPSA) is 234 Å². The van der Waals surface area contributed by atoms with Gasteiger partial charge in [-0.1, -0.05) is 80.4 Å². The molecule has 2 aliphatic heterocycles. The van der Waals surface area contributed by atoms with Crippen LogP contribution in [-0.4, -0.2) is 127 Å². The fraction of sp³-hybridized carbons (Fsp3) is 0.682. The number of hydrazine groups is 1. The van der Waals surface area contributed by atoms with E-state index in [1.165, 1.54) is 31.0 Å². The number of fused-ring (bicyclic) bond motifs is 1. The highest BCUT2D eigenvalue weighted by molar-refractivity contribution is 5.98. The molecule has 7 amide bonds. The molecule has 6 N–H and O–H groups in total. The van der Waals surface area contributed by atoms with Gasteiger partial charge in [-0.05, 0) is 67.6 Å². The van der Waals surface area contributed by atoms with Crippen LogP contribution in [0.4, 0.5) is 0 Å². The van der Waals surface area contributed by atoms with Gasteiger partial charge in [0.1, 0.15) is 54.1 Å². The molecule has 0 unspecified atom stereocenters. The number of carbonyl (C=O) groups excluding carboxylic acids is 8. The van der Waals surface area contributed by atoms with Crippen LogP contribution in [-0.2, 0) is 49.5 Å². The Kier molecular flexibility index (Phi) is 19.6. The third-order valence-electron chi connectivity index (χ3n) is 11.9. The molecule has 18 heteroatoms. The summed E-state index contributed by atoms with van der Waals surface area (Å²) in [5.41, 5.74) is 3.66. The molecule has 0 bridgehead atoms. The molecular weight excluding hydrogens is 801 g/mol. The summed E-state index contributed by atoms with van der Waals surface area (Å²) in [5.74, 6) is -5.85. The van der Waals surface area contributed by atoms with E-state index >= 15 is 0 Å². The van der Waals surface area contributed by atoms with Crippen molar-refractivity contribution >= 4 is 47.8 Å². The van der Waals surface area contributed by atoms with Crippen LogP contribution in [0.1, 0.15) is 100.0 Å². The van der Waals surface area contributed by atoms with Gasteiger partial charge in [0.05, 0.1) is 7.11 Å². The predicted molar refractivity (Wildman–Crippen MR) is 231 cm³/mol. The van der Waals surface area contributed by atoms with Gasteiger partial charge in [-0.25, -0.2) is 10.2 Å². The zero-order chi connectivity index (χ0) is 46.4. The lowest BCUT2D eigenvalue weighted by atomic mass is 9.95. The molecule has 1 aromatic carbocycles. The largest absolute Gasteiger partial charge is 0.497 e. The lowest BCUT2D eigenvalue weighted by Gasteiger charge is -2.39. The maximum Gasteiger partial charge on any atom is 0.329 e. The van der Waals surface area contributed by atoms with Gasteiger partial charge >= 0.3 is 5.97 Å². The van der Waals surface area contributed by atoms with Crippen LogP contribution in [0.2, 0.25) is 0 Å². The summed E-state index contributed by atoms with van der Waals surface area (Å²) in [7, 11) is 2.94. The summed E-state index contributed by atoms with van der Waals surface area (Å²) in [6, 6.07) is -1.75. The zero-order valence-electron chi connectivity index (χ0n) is 38.2. The molecule has 2 heterocycles. The standard InChI is InChI=1S/C44H70N8O10/c1-12-26(7)34(45-23-53)40(56)50-36-28(9)62-44(60)37(25(5)6)51(10)42(58)32(21-24(3)4)48-39(55)33-15-14-20-46-52(33)43(59)35(27(8)13-2)49-38(54)31(47-41(36)57)22-29-16-18-30(61-11)19-17-29/h16-19,23-28,31-37,46H,12-15,20-22H2,1-11H3,(H,45,53)(H,47,57)(H,48,55)(H,49,54)(H,50,56)/t26-,27+,28-,31-,32+,33+,34+,35-,36+,37+/m1/s1. The quantitative estimate of drug-likeness (QED) is 0.115. The number of nitrogens with zero attached hydrogens (tertiary/aromatic N) is 2. The lowest BCUT2D eigenvalue weighted by Crippen LogP contribution is -2.66. The van der Waals surface area contributed by atoms with Crippen molar-refractivity contribution in [3.05, 3.63) is 29.8 Å². The molecule has 0 aliphatic carbocycles. The smallest absolute Gasteiger partial charge is 0.329 e. The fourth-order valence-corrected chi connectivity index (χ4v) is 7.76. The molecule has 2 saturated heterocycles. The first-order chi connectivity index (χ1) is 29.3. The number of amides is 7. The van der Waals surface area contributed by atoms with Gasteiger partial charge < -0.3 is 41.0 Å². The van der Waals surface area contributed by atoms with Crippen LogP contribution in [0.3, 0.4) is 0 Å². The number of carbonyl (C=O) groups is 8. The van der Waals surface area contributed by atoms with Gasteiger partial charge in [0.15, 0.2) is 0 Å². The maximum atomic E-state index is 14.6. The highest BCUT2D eigenvalue weighted by atomic mass is 16.5. The van der Waals surface area contributed by atoms with Crippen molar-refractivity contribution < 1.29 is 47.8 Å². The number of hydrogen-bond acceptors (Lipinski definition) is 11. The molecule has 18 nitrogen and oxygen atoms in total. The van der Waals surface area contributed by atoms with Gasteiger partial charge in [-0.2, -0.15) is 0 Å². The van der Waals surface area contributed by atoms with E-state index in [-0.39, 0.29) is 31.1 Å². The number of benzene rings is 1. The van der Waals surface area contributed by atoms with Crippen LogP contribution in [0, 0.1) is 23.7 Å². The summed E-state index contributed by atoms with van der Waals surface area (Å²) in [6.07, 6.45) is 0.880. The first-order valence-corrected chi connectivity index (χ1v) is 21.9. The maximum absolute atomic E-state index is 14.6. The molecule has 1 aromatic rings. The SMILES string of the molecule is CC[C@@H](C)[C@H](NC=O)C(=O)N[C@@H]1C(=O)N[C@H](Cc2ccc(OC)cc2)C(=O)N[C@H]([C@@H](C)CC)C(=O)N2NCCC[C@H]2C(=O)N[C@@H](CC(C)C)C(=O)N(C)[C@@H](C(C)C)C(=O)O[C@@H]1C. The Bertz CT molecular complexity index is 1720. The second-order valence-electron chi connectivity index (χ2n) is 17.4. The first kappa shape index (κ1) is 51.1. The Morgan fingerprint density at radius 2 is 1.55 bits per heavy atom. The van der Waals surface area contributed by atoms with Gasteiger partial charge in [0, 0.05) is 20.0 Å². The number of ether oxygens (including phenoxy) is 2. The van der Waals surface area contributed by atoms with Crippen molar-refractivity contribution in [1.82, 2.24) is 41.9 Å². The minimum atomic E-state index is -1.62. The van der Waals surface area contributed by atoms with E-state index in [1.54, 1.807) is 52.0 Å². The van der Waals surface area contributed by atoms with Crippen LogP contribution in [0.25, 0.3) is 0 Å². The molecule has 0 saturated carbocycles. The molecule has 62 heavy (non-hydrogen) atoms. The average Bonchev–Trinajstić information content (AvgIpc) is 3.24. The lowest BCUT2D eigenvalue weighted by molar-refractivity contribution is -0.163. The van der Waals surface area contributed by atoms with Gasteiger partial charge in [0.2, 0.25) is 35.9 Å². The number of likely N-dealkylation sites (N-methyl/N-ethyl adjacent to an activating group) is 1. The van der Waals surface area contributed by atoms with Crippen molar-refractivity contribution in [2.45, 2.75) is 149 Å². The van der Waals surface area contributed by atoms with Crippen molar-refractivity contribution in [2.24, 2.45) is 23.7 Å². The van der Waals surface area contributed by atoms with Crippen LogP contribution >= 0.6 is 0 Å². The van der Waals surface area contributed by atoms with Crippen LogP contribution in [0.5, 0.6) is 5.75 Å². The molecule has 2 fully saturated rings. The molecule has 0 aromatic heterocycles. The third kappa shape index (κ3) is 13.4. The van der Waals surface area contributed by atoms with E-state index in [2.05, 4.69) is 32.0 Å². The molecular formula is C44H70N8O10. The molecule has 0 radical (unpaired) electrons. The summed E-state index contributed by atoms with van der Waals surface area (Å²) in [6.45, 7) is 16.2. The van der Waals surface area contributed by atoms with E-state index in [9.17, 15) is 38.4 Å². The molecule has 2 aliphatic rings. The monoisotopic (exact) mass is 871 g/mol. The Hall–Kier alpha value is -5.26. The Morgan fingerprint density at radius 1 is 0.903 bits per heavy atom. The van der Waals surface area contributed by atoms with Crippen molar-refractivity contribution in [1.29, 1.82) is 0 Å². The summed E-state index contributed by atoms with van der Waals surface area (Å²) in [5, 5.41) is 14.9. The number of hydrogen-bond donors (Lipinski definition) is 6. The molecule has 10 atom stereocenters. The Labute approximate surface area is 366 Å². The minimum Gasteiger partial charge on any atom is -0.497 e. The van der Waals surface area contributed by atoms with Crippen molar-refractivity contribution in [3.8, 4) is 5.75 Å². The van der Waals surface area contributed by atoms with Crippen LogP contribution in [0.15, 0.2) is 24.3 Å². The van der Waals surface area contributed by atoms with E-state index in [0.717, 1.165) is 0 Å². The van der Waals surface area contributed by atoms with E-state index in [0.29, 0.717) is 43.5 Å². The second kappa shape index (κ2) is 23.8. The van der Waals surface area contributed by atoms with E-state index in [1.807, 2.05) is 27.7 Å². The van der Waals surface area contributed by atoms with Gasteiger partial charge in [0.25, 0.3) is 5.91 Å². The average molecular weight is 871 g/mol. The third-order valence-corrected chi connectivity index (χ3v) is 11.9. The summed E-state index contributed by atoms with van der Waals surface area (Å²) >= 11 is 0. The number of nitrogens with one attached hydrogen (secondary N) is 6. The van der Waals surface area contributed by atoms with E-state index < -0.39 is 102 Å². The number of rotatable bonds is 14. The Morgan fingerprint density at radius 3 is 2.11 bits per heavy atom. The zero-order valence-corrected chi connectivity index (χ0v) is 38.2. The predicted octanol–water partition coefficient (Wildman–Crippen LogP) is 1.35. The molecule has 0 spiro atoms. The minimum absolute atomic E-state index is 0.0716.